The Morgan fingerprint density at radius 2 is 1.94 bits per heavy atom. The molecule has 160 valence electrons. The number of fused-ring (bicyclic) bond motifs is 1. The van der Waals surface area contributed by atoms with Crippen LogP contribution in [-0.4, -0.2) is 34.8 Å². The highest BCUT2D eigenvalue weighted by Gasteiger charge is 2.32. The molecular formula is C23H23FN4O3. The Labute approximate surface area is 179 Å². The molecule has 3 aromatic rings. The van der Waals surface area contributed by atoms with Crippen molar-refractivity contribution in [3.8, 4) is 17.0 Å². The molecule has 0 unspecified atom stereocenters. The molecule has 0 spiro atoms. The van der Waals surface area contributed by atoms with Gasteiger partial charge in [-0.1, -0.05) is 12.1 Å². The zero-order valence-corrected chi connectivity index (χ0v) is 17.6. The van der Waals surface area contributed by atoms with Crippen LogP contribution < -0.4 is 15.0 Å². The van der Waals surface area contributed by atoms with Gasteiger partial charge in [-0.25, -0.2) is 14.2 Å². The summed E-state index contributed by atoms with van der Waals surface area (Å²) < 4.78 is 26.0. The molecule has 0 saturated carbocycles. The van der Waals surface area contributed by atoms with E-state index < -0.39 is 17.5 Å². The molecule has 8 heteroatoms. The first-order valence-corrected chi connectivity index (χ1v) is 9.92. The number of carbonyl (C=O) groups is 1. The van der Waals surface area contributed by atoms with Crippen LogP contribution in [0, 0.1) is 5.82 Å². The molecule has 0 bridgehead atoms. The van der Waals surface area contributed by atoms with Crippen LogP contribution in [0.5, 0.6) is 5.75 Å². The third-order valence-corrected chi connectivity index (χ3v) is 4.50. The number of hydrogen-bond acceptors (Lipinski definition) is 6. The first-order chi connectivity index (χ1) is 14.8. The van der Waals surface area contributed by atoms with E-state index in [1.165, 1.54) is 11.0 Å². The van der Waals surface area contributed by atoms with E-state index in [1.54, 1.807) is 69.6 Å². The number of aromatic nitrogens is 2. The molecule has 1 aliphatic heterocycles. The average Bonchev–Trinajstić information content (AvgIpc) is 2.73. The van der Waals surface area contributed by atoms with Gasteiger partial charge >= 0.3 is 6.09 Å². The summed E-state index contributed by atoms with van der Waals surface area (Å²) in [6, 6.07) is 11.7. The lowest BCUT2D eigenvalue weighted by atomic mass is 10.1. The summed E-state index contributed by atoms with van der Waals surface area (Å²) in [4.78, 5) is 22.9. The molecule has 0 fully saturated rings. The highest BCUT2D eigenvalue weighted by atomic mass is 19.1. The van der Waals surface area contributed by atoms with E-state index >= 15 is 0 Å². The van der Waals surface area contributed by atoms with Crippen molar-refractivity contribution in [1.29, 1.82) is 0 Å². The molecule has 1 N–H and O–H groups in total. The molecule has 4 rings (SSSR count). The number of nitrogens with zero attached hydrogens (tertiary/aromatic N) is 3. The second-order valence-corrected chi connectivity index (χ2v) is 8.03. The van der Waals surface area contributed by atoms with Gasteiger partial charge in [0.25, 0.3) is 0 Å². The number of anilines is 3. The number of hydrogen-bond donors (Lipinski definition) is 1. The normalized spacial score (nSPS) is 13.2. The van der Waals surface area contributed by atoms with E-state index in [-0.39, 0.29) is 19.0 Å². The zero-order chi connectivity index (χ0) is 22.0. The van der Waals surface area contributed by atoms with Gasteiger partial charge in [-0.3, -0.25) is 9.88 Å². The molecule has 31 heavy (non-hydrogen) atoms. The minimum Gasteiger partial charge on any atom is -0.486 e. The molecular weight excluding hydrogens is 399 g/mol. The Morgan fingerprint density at radius 3 is 2.65 bits per heavy atom. The number of rotatable bonds is 3. The third kappa shape index (κ3) is 4.58. The van der Waals surface area contributed by atoms with Gasteiger partial charge in [0.15, 0.2) is 11.6 Å². The fourth-order valence-corrected chi connectivity index (χ4v) is 3.18. The lowest BCUT2D eigenvalue weighted by Gasteiger charge is -2.32. The lowest BCUT2D eigenvalue weighted by molar-refractivity contribution is 0.0566. The predicted octanol–water partition coefficient (Wildman–Crippen LogP) is 5.16. The van der Waals surface area contributed by atoms with Crippen LogP contribution in [0.25, 0.3) is 11.3 Å². The smallest absolute Gasteiger partial charge is 0.416 e. The molecule has 0 radical (unpaired) electrons. The number of amides is 1. The van der Waals surface area contributed by atoms with E-state index in [2.05, 4.69) is 15.3 Å². The lowest BCUT2D eigenvalue weighted by Crippen LogP contribution is -2.42. The molecule has 3 heterocycles. The summed E-state index contributed by atoms with van der Waals surface area (Å²) in [5.74, 6) is 0.261. The van der Waals surface area contributed by atoms with E-state index in [1.807, 2.05) is 0 Å². The maximum Gasteiger partial charge on any atom is 0.416 e. The van der Waals surface area contributed by atoms with Crippen molar-refractivity contribution in [3.05, 3.63) is 60.7 Å². The number of carbonyl (C=O) groups excluding carboxylic acids is 1. The van der Waals surface area contributed by atoms with Crippen LogP contribution in [0.2, 0.25) is 0 Å². The first kappa shape index (κ1) is 20.6. The summed E-state index contributed by atoms with van der Waals surface area (Å²) in [5, 5.41) is 3.26. The summed E-state index contributed by atoms with van der Waals surface area (Å²) in [6.07, 6.45) is 2.77. The SMILES string of the molecule is CC(C)(C)OC(=O)N1CCOc2c(Nc3ccncc3)cc(-c3ccccc3F)nc21. The molecule has 1 amide bonds. The van der Waals surface area contributed by atoms with Crippen molar-refractivity contribution < 1.29 is 18.7 Å². The molecule has 2 aromatic heterocycles. The highest BCUT2D eigenvalue weighted by molar-refractivity contribution is 5.92. The monoisotopic (exact) mass is 422 g/mol. The predicted molar refractivity (Wildman–Crippen MR) is 116 cm³/mol. The quantitative estimate of drug-likeness (QED) is 0.628. The van der Waals surface area contributed by atoms with E-state index in [0.29, 0.717) is 22.7 Å². The Bertz CT molecular complexity index is 1100. The second kappa shape index (κ2) is 8.22. The van der Waals surface area contributed by atoms with Crippen molar-refractivity contribution in [2.75, 3.05) is 23.4 Å². The Hall–Kier alpha value is -3.68. The van der Waals surface area contributed by atoms with Gasteiger partial charge in [-0.05, 0) is 51.1 Å². The van der Waals surface area contributed by atoms with Crippen molar-refractivity contribution in [3.63, 3.8) is 0 Å². The summed E-state index contributed by atoms with van der Waals surface area (Å²) in [5.41, 5.74) is 1.34. The van der Waals surface area contributed by atoms with Gasteiger partial charge in [-0.15, -0.1) is 0 Å². The molecule has 7 nitrogen and oxygen atoms in total. The van der Waals surface area contributed by atoms with Crippen LogP contribution in [-0.2, 0) is 4.74 Å². The molecule has 0 aliphatic carbocycles. The minimum absolute atomic E-state index is 0.268. The number of ether oxygens (including phenoxy) is 2. The number of nitrogens with one attached hydrogen (secondary N) is 1. The van der Waals surface area contributed by atoms with Crippen LogP contribution in [0.1, 0.15) is 20.8 Å². The fraction of sp³-hybridized carbons (Fsp3) is 0.261. The van der Waals surface area contributed by atoms with Gasteiger partial charge in [0.05, 0.1) is 17.9 Å². The van der Waals surface area contributed by atoms with Crippen LogP contribution in [0.15, 0.2) is 54.9 Å². The van der Waals surface area contributed by atoms with Crippen molar-refractivity contribution in [2.24, 2.45) is 0 Å². The third-order valence-electron chi connectivity index (χ3n) is 4.50. The topological polar surface area (TPSA) is 76.6 Å². The van der Waals surface area contributed by atoms with Gasteiger partial charge in [-0.2, -0.15) is 0 Å². The van der Waals surface area contributed by atoms with Crippen molar-refractivity contribution >= 4 is 23.3 Å². The average molecular weight is 422 g/mol. The molecule has 0 saturated heterocycles. The maximum atomic E-state index is 14.5. The molecule has 1 aliphatic rings. The molecule has 0 atom stereocenters. The van der Waals surface area contributed by atoms with Gasteiger partial charge in [0.1, 0.15) is 18.0 Å². The largest absolute Gasteiger partial charge is 0.486 e. The zero-order valence-electron chi connectivity index (χ0n) is 17.6. The summed E-state index contributed by atoms with van der Waals surface area (Å²) >= 11 is 0. The summed E-state index contributed by atoms with van der Waals surface area (Å²) in [7, 11) is 0. The minimum atomic E-state index is -0.670. The van der Waals surface area contributed by atoms with Gasteiger partial charge < -0.3 is 14.8 Å². The van der Waals surface area contributed by atoms with Gasteiger partial charge in [0, 0.05) is 23.6 Å². The Morgan fingerprint density at radius 1 is 1.19 bits per heavy atom. The van der Waals surface area contributed by atoms with Crippen LogP contribution >= 0.6 is 0 Å². The number of benzene rings is 1. The van der Waals surface area contributed by atoms with Crippen LogP contribution in [0.3, 0.4) is 0 Å². The maximum absolute atomic E-state index is 14.5. The second-order valence-electron chi connectivity index (χ2n) is 8.03. The van der Waals surface area contributed by atoms with E-state index in [4.69, 9.17) is 9.47 Å². The Balaban J connectivity index is 1.84. The van der Waals surface area contributed by atoms with Crippen molar-refractivity contribution in [2.45, 2.75) is 26.4 Å². The van der Waals surface area contributed by atoms with Crippen LogP contribution in [0.4, 0.5) is 26.4 Å². The number of pyridine rings is 2. The summed E-state index contributed by atoms with van der Waals surface area (Å²) in [6.45, 7) is 5.94. The number of halogens is 1. The van der Waals surface area contributed by atoms with E-state index in [0.717, 1.165) is 5.69 Å². The Kier molecular flexibility index (Phi) is 5.46. The van der Waals surface area contributed by atoms with E-state index in [9.17, 15) is 9.18 Å². The van der Waals surface area contributed by atoms with Crippen molar-refractivity contribution in [1.82, 2.24) is 9.97 Å². The standard InChI is InChI=1S/C23H23FN4O3/c1-23(2,3)31-22(29)28-12-13-30-20-19(26-15-8-10-25-11-9-15)14-18(27-21(20)28)16-6-4-5-7-17(16)24/h4-11,14H,12-13H2,1-3H3,(H,25,26,27). The highest BCUT2D eigenvalue weighted by Crippen LogP contribution is 2.41. The van der Waals surface area contributed by atoms with Gasteiger partial charge in [0.2, 0.25) is 0 Å². The molecule has 1 aromatic carbocycles. The first-order valence-electron chi connectivity index (χ1n) is 9.92. The fourth-order valence-electron chi connectivity index (χ4n) is 3.18.